The van der Waals surface area contributed by atoms with Crippen LogP contribution in [0.25, 0.3) is 0 Å². The van der Waals surface area contributed by atoms with Crippen LogP contribution in [-0.4, -0.2) is 18.6 Å². The molecule has 4 unspecified atom stereocenters. The van der Waals surface area contributed by atoms with Crippen LogP contribution in [0.1, 0.15) is 62.1 Å². The first-order valence-corrected chi connectivity index (χ1v) is 8.99. The highest BCUT2D eigenvalue weighted by Gasteiger charge is 2.36. The molecule has 2 aliphatic carbocycles. The molecule has 4 rings (SSSR count). The average molecular weight is 284 g/mol. The van der Waals surface area contributed by atoms with E-state index in [0.717, 1.165) is 18.0 Å². The molecule has 1 saturated heterocycles. The van der Waals surface area contributed by atoms with Gasteiger partial charge < -0.3 is 10.6 Å². The molecule has 1 saturated carbocycles. The maximum atomic E-state index is 4.06. The Morgan fingerprint density at radius 1 is 0.952 bits per heavy atom. The molecule has 1 aromatic carbocycles. The van der Waals surface area contributed by atoms with Crippen LogP contribution in [0, 0.1) is 5.92 Å². The van der Waals surface area contributed by atoms with Crippen LogP contribution in [0.15, 0.2) is 24.3 Å². The Hall–Kier alpha value is -0.860. The van der Waals surface area contributed by atoms with E-state index in [0.29, 0.717) is 6.04 Å². The van der Waals surface area contributed by atoms with Crippen LogP contribution >= 0.6 is 0 Å². The largest absolute Gasteiger partial charge is 0.314 e. The molecule has 21 heavy (non-hydrogen) atoms. The summed E-state index contributed by atoms with van der Waals surface area (Å²) in [6, 6.07) is 11.2. The van der Waals surface area contributed by atoms with Gasteiger partial charge in [-0.05, 0) is 68.5 Å². The van der Waals surface area contributed by atoms with Crippen molar-refractivity contribution in [2.45, 2.75) is 69.5 Å². The third-order valence-corrected chi connectivity index (χ3v) is 5.97. The molecule has 2 heteroatoms. The van der Waals surface area contributed by atoms with Crippen molar-refractivity contribution < 1.29 is 0 Å². The van der Waals surface area contributed by atoms with E-state index >= 15 is 0 Å². The second-order valence-electron chi connectivity index (χ2n) is 7.21. The molecular weight excluding hydrogens is 256 g/mol. The van der Waals surface area contributed by atoms with Gasteiger partial charge in [0.15, 0.2) is 0 Å². The molecule has 1 aliphatic heterocycles. The van der Waals surface area contributed by atoms with Gasteiger partial charge in [0.05, 0.1) is 0 Å². The maximum absolute atomic E-state index is 4.06. The third-order valence-electron chi connectivity index (χ3n) is 5.97. The van der Waals surface area contributed by atoms with Crippen molar-refractivity contribution in [1.82, 2.24) is 10.6 Å². The average Bonchev–Trinajstić information content (AvgIpc) is 3.18. The number of fused-ring (bicyclic) bond motifs is 1. The normalized spacial score (nSPS) is 35.8. The first-order chi connectivity index (χ1) is 10.4. The van der Waals surface area contributed by atoms with Crippen LogP contribution < -0.4 is 10.6 Å². The molecule has 0 bridgehead atoms. The predicted molar refractivity (Wildman–Crippen MR) is 87.4 cm³/mol. The first kappa shape index (κ1) is 13.8. The van der Waals surface area contributed by atoms with Crippen molar-refractivity contribution in [3.8, 4) is 0 Å². The van der Waals surface area contributed by atoms with E-state index in [9.17, 15) is 0 Å². The fourth-order valence-electron chi connectivity index (χ4n) is 4.94. The van der Waals surface area contributed by atoms with Crippen LogP contribution in [0.2, 0.25) is 0 Å². The lowest BCUT2D eigenvalue weighted by molar-refractivity contribution is 0.287. The van der Waals surface area contributed by atoms with Crippen LogP contribution in [-0.2, 0) is 6.42 Å². The lowest BCUT2D eigenvalue weighted by Crippen LogP contribution is -2.44. The Morgan fingerprint density at radius 2 is 1.90 bits per heavy atom. The molecule has 2 fully saturated rings. The van der Waals surface area contributed by atoms with E-state index in [-0.39, 0.29) is 0 Å². The van der Waals surface area contributed by atoms with Crippen molar-refractivity contribution in [2.24, 2.45) is 5.92 Å². The fourth-order valence-corrected chi connectivity index (χ4v) is 4.94. The highest BCUT2D eigenvalue weighted by Crippen LogP contribution is 2.36. The number of hydrogen-bond acceptors (Lipinski definition) is 2. The standard InChI is InChI=1S/C19H28N2/c1-2-8-15-14(6-1)7-3-10-18(15)21-19-11-4-9-16(19)17-12-5-13-20-17/h1-2,6,8,16-21H,3-5,7,9-13H2. The lowest BCUT2D eigenvalue weighted by Gasteiger charge is -2.33. The quantitative estimate of drug-likeness (QED) is 0.886. The van der Waals surface area contributed by atoms with Gasteiger partial charge >= 0.3 is 0 Å². The number of hydrogen-bond donors (Lipinski definition) is 2. The smallest absolute Gasteiger partial charge is 0.0325 e. The van der Waals surface area contributed by atoms with E-state index in [4.69, 9.17) is 0 Å². The third kappa shape index (κ3) is 2.76. The van der Waals surface area contributed by atoms with Gasteiger partial charge in [0, 0.05) is 18.1 Å². The Labute approximate surface area is 128 Å². The molecule has 1 aromatic rings. The van der Waals surface area contributed by atoms with Crippen LogP contribution in [0.3, 0.4) is 0 Å². The van der Waals surface area contributed by atoms with Crippen LogP contribution in [0.4, 0.5) is 0 Å². The summed E-state index contributed by atoms with van der Waals surface area (Å²) in [6.07, 6.45) is 10.9. The van der Waals surface area contributed by atoms with E-state index in [1.54, 1.807) is 11.1 Å². The van der Waals surface area contributed by atoms with E-state index in [1.807, 2.05) is 0 Å². The second-order valence-corrected chi connectivity index (χ2v) is 7.21. The summed E-state index contributed by atoms with van der Waals surface area (Å²) in [7, 11) is 0. The zero-order chi connectivity index (χ0) is 14.1. The number of benzene rings is 1. The molecule has 0 amide bonds. The topological polar surface area (TPSA) is 24.1 Å². The Bertz CT molecular complexity index is 478. The Kier molecular flexibility index (Phi) is 4.00. The summed E-state index contributed by atoms with van der Waals surface area (Å²) in [4.78, 5) is 0. The fraction of sp³-hybridized carbons (Fsp3) is 0.684. The van der Waals surface area contributed by atoms with E-state index < -0.39 is 0 Å². The van der Waals surface area contributed by atoms with Gasteiger partial charge in [-0.25, -0.2) is 0 Å². The number of nitrogens with one attached hydrogen (secondary N) is 2. The molecule has 0 spiro atoms. The zero-order valence-corrected chi connectivity index (χ0v) is 13.0. The summed E-state index contributed by atoms with van der Waals surface area (Å²) < 4.78 is 0. The molecule has 2 nitrogen and oxygen atoms in total. The summed E-state index contributed by atoms with van der Waals surface area (Å²) in [5.41, 5.74) is 3.16. The van der Waals surface area contributed by atoms with E-state index in [2.05, 4.69) is 34.9 Å². The molecule has 4 atom stereocenters. The number of aryl methyl sites for hydroxylation is 1. The summed E-state index contributed by atoms with van der Waals surface area (Å²) in [5.74, 6) is 0.863. The number of rotatable bonds is 3. The van der Waals surface area contributed by atoms with Gasteiger partial charge in [-0.2, -0.15) is 0 Å². The predicted octanol–water partition coefficient (Wildman–Crippen LogP) is 3.57. The maximum Gasteiger partial charge on any atom is 0.0325 e. The molecular formula is C19H28N2. The minimum atomic E-state index is 0.599. The Morgan fingerprint density at radius 3 is 2.81 bits per heavy atom. The van der Waals surface area contributed by atoms with Gasteiger partial charge in [0.2, 0.25) is 0 Å². The molecule has 1 heterocycles. The lowest BCUT2D eigenvalue weighted by atomic mass is 9.86. The van der Waals surface area contributed by atoms with Crippen molar-refractivity contribution in [1.29, 1.82) is 0 Å². The summed E-state index contributed by atoms with van der Waals surface area (Å²) in [5, 5.41) is 7.81. The minimum Gasteiger partial charge on any atom is -0.314 e. The zero-order valence-electron chi connectivity index (χ0n) is 13.0. The van der Waals surface area contributed by atoms with Crippen molar-refractivity contribution >= 4 is 0 Å². The van der Waals surface area contributed by atoms with Gasteiger partial charge in [0.1, 0.15) is 0 Å². The molecule has 2 N–H and O–H groups in total. The molecule has 114 valence electrons. The highest BCUT2D eigenvalue weighted by molar-refractivity contribution is 5.32. The minimum absolute atomic E-state index is 0.599. The summed E-state index contributed by atoms with van der Waals surface area (Å²) >= 11 is 0. The van der Waals surface area contributed by atoms with Gasteiger partial charge in [-0.15, -0.1) is 0 Å². The second kappa shape index (κ2) is 6.10. The molecule has 0 aromatic heterocycles. The highest BCUT2D eigenvalue weighted by atomic mass is 15.0. The first-order valence-electron chi connectivity index (χ1n) is 8.99. The Balaban J connectivity index is 1.48. The van der Waals surface area contributed by atoms with Crippen molar-refractivity contribution in [3.63, 3.8) is 0 Å². The van der Waals surface area contributed by atoms with E-state index in [1.165, 1.54) is 57.9 Å². The summed E-state index contributed by atoms with van der Waals surface area (Å²) in [6.45, 7) is 1.24. The van der Waals surface area contributed by atoms with Gasteiger partial charge in [-0.3, -0.25) is 0 Å². The van der Waals surface area contributed by atoms with Crippen LogP contribution in [0.5, 0.6) is 0 Å². The van der Waals surface area contributed by atoms with Crippen molar-refractivity contribution in [2.75, 3.05) is 6.54 Å². The SMILES string of the molecule is c1ccc2c(c1)CCCC2NC1CCCC1C1CCCN1. The van der Waals surface area contributed by atoms with Gasteiger partial charge in [-0.1, -0.05) is 30.7 Å². The molecule has 0 radical (unpaired) electrons. The molecule has 3 aliphatic rings. The van der Waals surface area contributed by atoms with Crippen molar-refractivity contribution in [3.05, 3.63) is 35.4 Å². The monoisotopic (exact) mass is 284 g/mol. The van der Waals surface area contributed by atoms with Gasteiger partial charge in [0.25, 0.3) is 0 Å².